The van der Waals surface area contributed by atoms with Gasteiger partial charge in [0.25, 0.3) is 0 Å². The lowest BCUT2D eigenvalue weighted by Gasteiger charge is -2.22. The van der Waals surface area contributed by atoms with Crippen LogP contribution in [0.3, 0.4) is 0 Å². The molecule has 5 nitrogen and oxygen atoms in total. The summed E-state index contributed by atoms with van der Waals surface area (Å²) in [6.07, 6.45) is 1.03. The predicted octanol–water partition coefficient (Wildman–Crippen LogP) is 5.38. The van der Waals surface area contributed by atoms with Crippen molar-refractivity contribution in [3.63, 3.8) is 0 Å². The molecule has 29 heavy (non-hydrogen) atoms. The summed E-state index contributed by atoms with van der Waals surface area (Å²) in [5, 5.41) is 3.51. The molecule has 3 aromatic rings. The van der Waals surface area contributed by atoms with Gasteiger partial charge in [0, 0.05) is 48.5 Å². The first-order valence-corrected chi connectivity index (χ1v) is 10.4. The number of aromatic nitrogens is 2. The number of nitrogens with one attached hydrogen (secondary N) is 1. The largest absolute Gasteiger partial charge is 0.372 e. The highest BCUT2D eigenvalue weighted by Crippen LogP contribution is 2.33. The van der Waals surface area contributed by atoms with E-state index >= 15 is 0 Å². The molecular weight excluding hydrogens is 358 g/mol. The van der Waals surface area contributed by atoms with Crippen molar-refractivity contribution in [2.24, 2.45) is 0 Å². The van der Waals surface area contributed by atoms with E-state index in [1.165, 1.54) is 22.5 Å². The molecule has 0 fully saturated rings. The minimum atomic E-state index is 0.759. The van der Waals surface area contributed by atoms with Gasteiger partial charge >= 0.3 is 0 Å². The van der Waals surface area contributed by atoms with E-state index in [0.29, 0.717) is 0 Å². The summed E-state index contributed by atoms with van der Waals surface area (Å²) in [7, 11) is 0. The first-order valence-electron chi connectivity index (χ1n) is 10.4. The molecule has 1 aliphatic rings. The van der Waals surface area contributed by atoms with Crippen molar-refractivity contribution in [2.75, 3.05) is 34.8 Å². The van der Waals surface area contributed by atoms with Gasteiger partial charge in [-0.05, 0) is 69.5 Å². The highest BCUT2D eigenvalue weighted by Gasteiger charge is 2.22. The van der Waals surface area contributed by atoms with Crippen LogP contribution in [0.5, 0.6) is 0 Å². The maximum atomic E-state index is 4.83. The third kappa shape index (κ3) is 3.90. The molecule has 0 aliphatic carbocycles. The number of fused-ring (bicyclic) bond motifs is 1. The van der Waals surface area contributed by atoms with Crippen molar-refractivity contribution in [1.29, 1.82) is 0 Å². The van der Waals surface area contributed by atoms with Gasteiger partial charge in [-0.2, -0.15) is 4.98 Å². The molecule has 1 N–H and O–H groups in total. The highest BCUT2D eigenvalue weighted by atomic mass is 15.3. The SMILES string of the molecule is CCN(CC)c1ccc(Nc2cc(C)nc(N3CCc4ccccc43)n2)c(C)c1. The van der Waals surface area contributed by atoms with E-state index < -0.39 is 0 Å². The van der Waals surface area contributed by atoms with Gasteiger partial charge in [-0.1, -0.05) is 18.2 Å². The quantitative estimate of drug-likeness (QED) is 0.615. The Balaban J connectivity index is 1.61. The maximum absolute atomic E-state index is 4.83. The van der Waals surface area contributed by atoms with Crippen LogP contribution in [-0.4, -0.2) is 29.6 Å². The number of nitrogens with zero attached hydrogens (tertiary/aromatic N) is 4. The molecule has 0 amide bonds. The lowest BCUT2D eigenvalue weighted by atomic mass is 10.1. The van der Waals surface area contributed by atoms with Crippen molar-refractivity contribution in [2.45, 2.75) is 34.1 Å². The molecule has 0 radical (unpaired) electrons. The molecule has 0 saturated carbocycles. The molecule has 0 saturated heterocycles. The standard InChI is InChI=1S/C24H29N5/c1-5-28(6-2)20-11-12-21(17(3)15-20)26-23-16-18(4)25-24(27-23)29-14-13-19-9-7-8-10-22(19)29/h7-12,15-16H,5-6,13-14H2,1-4H3,(H,25,26,27). The van der Waals surface area contributed by atoms with Crippen LogP contribution in [-0.2, 0) is 6.42 Å². The third-order valence-electron chi connectivity index (χ3n) is 5.57. The van der Waals surface area contributed by atoms with Crippen molar-refractivity contribution in [3.05, 3.63) is 65.4 Å². The zero-order chi connectivity index (χ0) is 20.4. The van der Waals surface area contributed by atoms with E-state index in [2.05, 4.69) is 78.4 Å². The Hall–Kier alpha value is -3.08. The van der Waals surface area contributed by atoms with E-state index in [0.717, 1.165) is 49.2 Å². The van der Waals surface area contributed by atoms with Crippen LogP contribution in [0.1, 0.15) is 30.7 Å². The lowest BCUT2D eigenvalue weighted by molar-refractivity contribution is 0.866. The molecule has 1 aliphatic heterocycles. The summed E-state index contributed by atoms with van der Waals surface area (Å²) in [6.45, 7) is 11.5. The van der Waals surface area contributed by atoms with E-state index in [9.17, 15) is 0 Å². The average molecular weight is 388 g/mol. The molecule has 4 rings (SSSR count). The monoisotopic (exact) mass is 387 g/mol. The van der Waals surface area contributed by atoms with Crippen LogP contribution in [0, 0.1) is 13.8 Å². The van der Waals surface area contributed by atoms with E-state index in [1.54, 1.807) is 0 Å². The summed E-state index contributed by atoms with van der Waals surface area (Å²) >= 11 is 0. The molecule has 5 heteroatoms. The molecule has 0 unspecified atom stereocenters. The van der Waals surface area contributed by atoms with Gasteiger partial charge in [-0.15, -0.1) is 0 Å². The van der Waals surface area contributed by atoms with Gasteiger partial charge in [-0.25, -0.2) is 4.98 Å². The lowest BCUT2D eigenvalue weighted by Crippen LogP contribution is -2.21. The summed E-state index contributed by atoms with van der Waals surface area (Å²) < 4.78 is 0. The summed E-state index contributed by atoms with van der Waals surface area (Å²) in [5.41, 5.74) is 7.06. The number of aryl methyl sites for hydroxylation is 2. The predicted molar refractivity (Wildman–Crippen MR) is 122 cm³/mol. The van der Waals surface area contributed by atoms with Gasteiger partial charge in [-0.3, -0.25) is 0 Å². The summed E-state index contributed by atoms with van der Waals surface area (Å²) in [4.78, 5) is 14.1. The van der Waals surface area contributed by atoms with E-state index in [-0.39, 0.29) is 0 Å². The summed E-state index contributed by atoms with van der Waals surface area (Å²) in [6, 6.07) is 17.1. The number of rotatable bonds is 6. The zero-order valence-corrected chi connectivity index (χ0v) is 17.7. The van der Waals surface area contributed by atoms with Crippen molar-refractivity contribution < 1.29 is 0 Å². The molecule has 0 spiro atoms. The van der Waals surface area contributed by atoms with Crippen molar-refractivity contribution in [3.8, 4) is 0 Å². The smallest absolute Gasteiger partial charge is 0.232 e. The fourth-order valence-electron chi connectivity index (χ4n) is 4.00. The first-order chi connectivity index (χ1) is 14.1. The molecule has 2 aromatic carbocycles. The number of anilines is 5. The topological polar surface area (TPSA) is 44.3 Å². The molecule has 1 aromatic heterocycles. The molecule has 2 heterocycles. The van der Waals surface area contributed by atoms with Gasteiger partial charge in [0.15, 0.2) is 0 Å². The van der Waals surface area contributed by atoms with E-state index in [4.69, 9.17) is 9.97 Å². The fraction of sp³-hybridized carbons (Fsp3) is 0.333. The minimum Gasteiger partial charge on any atom is -0.372 e. The fourth-order valence-corrected chi connectivity index (χ4v) is 4.00. The second-order valence-corrected chi connectivity index (χ2v) is 7.52. The Morgan fingerprint density at radius 2 is 1.79 bits per heavy atom. The average Bonchev–Trinajstić information content (AvgIpc) is 3.15. The number of hydrogen-bond donors (Lipinski definition) is 1. The third-order valence-corrected chi connectivity index (χ3v) is 5.57. The molecule has 0 atom stereocenters. The minimum absolute atomic E-state index is 0.759. The molecule has 0 bridgehead atoms. The Bertz CT molecular complexity index is 1010. The Labute approximate surface area is 173 Å². The molecular formula is C24H29N5. The van der Waals surface area contributed by atoms with Crippen LogP contribution < -0.4 is 15.1 Å². The Morgan fingerprint density at radius 3 is 2.55 bits per heavy atom. The van der Waals surface area contributed by atoms with Gasteiger partial charge in [0.05, 0.1) is 0 Å². The summed E-state index contributed by atoms with van der Waals surface area (Å²) in [5.74, 6) is 1.59. The first kappa shape index (κ1) is 19.2. The van der Waals surface area contributed by atoms with Crippen molar-refractivity contribution >= 4 is 28.8 Å². The van der Waals surface area contributed by atoms with E-state index in [1.807, 2.05) is 13.0 Å². The van der Waals surface area contributed by atoms with Gasteiger partial charge in [0.2, 0.25) is 5.95 Å². The van der Waals surface area contributed by atoms with Gasteiger partial charge < -0.3 is 15.1 Å². The van der Waals surface area contributed by atoms with Crippen LogP contribution in [0.4, 0.5) is 28.8 Å². The highest BCUT2D eigenvalue weighted by molar-refractivity contribution is 5.69. The Kier molecular flexibility index (Phi) is 5.38. The second kappa shape index (κ2) is 8.11. The number of hydrogen-bond acceptors (Lipinski definition) is 5. The normalized spacial score (nSPS) is 12.8. The second-order valence-electron chi connectivity index (χ2n) is 7.52. The van der Waals surface area contributed by atoms with Gasteiger partial charge in [0.1, 0.15) is 5.82 Å². The zero-order valence-electron chi connectivity index (χ0n) is 17.7. The van der Waals surface area contributed by atoms with Crippen LogP contribution in [0.25, 0.3) is 0 Å². The maximum Gasteiger partial charge on any atom is 0.232 e. The Morgan fingerprint density at radius 1 is 1.00 bits per heavy atom. The number of para-hydroxylation sites is 1. The van der Waals surface area contributed by atoms with Crippen molar-refractivity contribution in [1.82, 2.24) is 9.97 Å². The van der Waals surface area contributed by atoms with Crippen LogP contribution >= 0.6 is 0 Å². The molecule has 150 valence electrons. The van der Waals surface area contributed by atoms with Crippen LogP contribution in [0.15, 0.2) is 48.5 Å². The van der Waals surface area contributed by atoms with Crippen LogP contribution in [0.2, 0.25) is 0 Å². The number of benzene rings is 2.